The van der Waals surface area contributed by atoms with Gasteiger partial charge < -0.3 is 9.64 Å². The largest absolute Gasteiger partial charge is 0.463 e. The third-order valence-corrected chi connectivity index (χ3v) is 3.36. The second kappa shape index (κ2) is 6.29. The van der Waals surface area contributed by atoms with Crippen LogP contribution in [0, 0.1) is 0 Å². The number of thiophene rings is 1. The molecule has 0 radical (unpaired) electrons. The molecule has 0 fully saturated rings. The molecule has 2 rings (SSSR count). The number of methoxy groups -OCH3 is 1. The third-order valence-electron chi connectivity index (χ3n) is 2.63. The predicted octanol–water partition coefficient (Wildman–Crippen LogP) is 0.785. The number of aromatic nitrogens is 3. The second-order valence-electron chi connectivity index (χ2n) is 4.14. The molecule has 0 aromatic carbocycles. The summed E-state index contributed by atoms with van der Waals surface area (Å²) in [5.74, 6) is -0.791. The number of hydrogen-bond acceptors (Lipinski definition) is 6. The van der Waals surface area contributed by atoms with E-state index in [1.165, 1.54) is 18.1 Å². The van der Waals surface area contributed by atoms with Crippen LogP contribution in [0.5, 0.6) is 0 Å². The zero-order valence-corrected chi connectivity index (χ0v) is 12.0. The molecule has 0 atom stereocenters. The summed E-state index contributed by atoms with van der Waals surface area (Å²) >= 11 is 1.59. The Balaban J connectivity index is 1.93. The number of likely N-dealkylation sites (N-methyl/N-ethyl adjacent to an activating group) is 1. The molecule has 0 unspecified atom stereocenters. The number of ether oxygens (including phenoxy) is 1. The van der Waals surface area contributed by atoms with E-state index >= 15 is 0 Å². The standard InChI is InChI=1S/C12H14N4O3S/c1-15(5-9-3-4-20-7-9)10(17)6-16-8-13-11(14-16)12(18)19-2/h3-4,7-8H,5-6H2,1-2H3. The van der Waals surface area contributed by atoms with E-state index in [4.69, 9.17) is 0 Å². The molecule has 0 spiro atoms. The van der Waals surface area contributed by atoms with Crippen molar-refractivity contribution in [3.8, 4) is 0 Å². The van der Waals surface area contributed by atoms with E-state index in [2.05, 4.69) is 14.8 Å². The SMILES string of the molecule is COC(=O)c1ncn(CC(=O)N(C)Cc2ccsc2)n1. The number of rotatable bonds is 5. The maximum absolute atomic E-state index is 12.0. The van der Waals surface area contributed by atoms with Gasteiger partial charge in [0.1, 0.15) is 12.9 Å². The number of esters is 1. The van der Waals surface area contributed by atoms with E-state index in [0.29, 0.717) is 6.54 Å². The molecule has 0 aliphatic rings. The number of hydrogen-bond donors (Lipinski definition) is 0. The van der Waals surface area contributed by atoms with Crippen LogP contribution in [-0.2, 0) is 22.6 Å². The lowest BCUT2D eigenvalue weighted by Gasteiger charge is -2.16. The van der Waals surface area contributed by atoms with Gasteiger partial charge in [0, 0.05) is 13.6 Å². The fraction of sp³-hybridized carbons (Fsp3) is 0.333. The molecule has 20 heavy (non-hydrogen) atoms. The van der Waals surface area contributed by atoms with Crippen LogP contribution < -0.4 is 0 Å². The average Bonchev–Trinajstić information content (AvgIpc) is 3.09. The molecule has 1 amide bonds. The summed E-state index contributed by atoms with van der Waals surface area (Å²) in [6, 6.07) is 1.97. The highest BCUT2D eigenvalue weighted by atomic mass is 32.1. The second-order valence-corrected chi connectivity index (χ2v) is 4.92. The minimum absolute atomic E-state index is 0.0324. The van der Waals surface area contributed by atoms with Gasteiger partial charge in [0.25, 0.3) is 5.82 Å². The molecule has 0 aliphatic heterocycles. The van der Waals surface area contributed by atoms with Gasteiger partial charge in [0.05, 0.1) is 7.11 Å². The van der Waals surface area contributed by atoms with E-state index < -0.39 is 5.97 Å². The molecule has 2 aromatic heterocycles. The van der Waals surface area contributed by atoms with Gasteiger partial charge in [0.15, 0.2) is 0 Å². The van der Waals surface area contributed by atoms with Gasteiger partial charge in [-0.05, 0) is 22.4 Å². The van der Waals surface area contributed by atoms with Crippen LogP contribution in [0.15, 0.2) is 23.2 Å². The first-order valence-electron chi connectivity index (χ1n) is 5.83. The monoisotopic (exact) mass is 294 g/mol. The number of amides is 1. The van der Waals surface area contributed by atoms with Gasteiger partial charge >= 0.3 is 5.97 Å². The normalized spacial score (nSPS) is 10.3. The first-order chi connectivity index (χ1) is 9.60. The zero-order chi connectivity index (χ0) is 14.5. The highest BCUT2D eigenvalue weighted by Crippen LogP contribution is 2.08. The van der Waals surface area contributed by atoms with E-state index in [9.17, 15) is 9.59 Å². The lowest BCUT2D eigenvalue weighted by molar-refractivity contribution is -0.131. The lowest BCUT2D eigenvalue weighted by atomic mass is 10.3. The lowest BCUT2D eigenvalue weighted by Crippen LogP contribution is -2.29. The van der Waals surface area contributed by atoms with E-state index in [-0.39, 0.29) is 18.3 Å². The first kappa shape index (κ1) is 14.2. The Morgan fingerprint density at radius 1 is 1.50 bits per heavy atom. The van der Waals surface area contributed by atoms with E-state index in [1.807, 2.05) is 16.8 Å². The van der Waals surface area contributed by atoms with Gasteiger partial charge in [-0.15, -0.1) is 5.10 Å². The van der Waals surface area contributed by atoms with Crippen LogP contribution in [0.4, 0.5) is 0 Å². The predicted molar refractivity (Wildman–Crippen MR) is 72.2 cm³/mol. The van der Waals surface area contributed by atoms with Crippen molar-refractivity contribution in [3.05, 3.63) is 34.5 Å². The molecule has 8 heteroatoms. The number of carbonyl (C=O) groups excluding carboxylic acids is 2. The molecule has 0 aliphatic carbocycles. The molecule has 0 saturated heterocycles. The Bertz CT molecular complexity index is 594. The Labute approximate surface area is 119 Å². The summed E-state index contributed by atoms with van der Waals surface area (Å²) in [5, 5.41) is 7.85. The van der Waals surface area contributed by atoms with Crippen molar-refractivity contribution in [2.24, 2.45) is 0 Å². The molecule has 0 bridgehead atoms. The Morgan fingerprint density at radius 3 is 2.95 bits per heavy atom. The fourth-order valence-electron chi connectivity index (χ4n) is 1.56. The molecule has 2 aromatic rings. The summed E-state index contributed by atoms with van der Waals surface area (Å²) in [5.41, 5.74) is 1.08. The summed E-state index contributed by atoms with van der Waals surface area (Å²) in [4.78, 5) is 28.6. The molecular weight excluding hydrogens is 280 g/mol. The van der Waals surface area contributed by atoms with Crippen LogP contribution >= 0.6 is 11.3 Å². The van der Waals surface area contributed by atoms with Crippen LogP contribution in [0.25, 0.3) is 0 Å². The highest BCUT2D eigenvalue weighted by Gasteiger charge is 2.15. The van der Waals surface area contributed by atoms with Crippen molar-refractivity contribution < 1.29 is 14.3 Å². The van der Waals surface area contributed by atoms with Gasteiger partial charge in [-0.3, -0.25) is 4.79 Å². The van der Waals surface area contributed by atoms with Crippen molar-refractivity contribution in [3.63, 3.8) is 0 Å². The molecule has 7 nitrogen and oxygen atoms in total. The van der Waals surface area contributed by atoms with E-state index in [1.54, 1.807) is 23.3 Å². The summed E-state index contributed by atoms with van der Waals surface area (Å²) in [6.45, 7) is 0.575. The first-order valence-corrected chi connectivity index (χ1v) is 6.77. The Hall–Kier alpha value is -2.22. The smallest absolute Gasteiger partial charge is 0.377 e. The Morgan fingerprint density at radius 2 is 2.30 bits per heavy atom. The zero-order valence-electron chi connectivity index (χ0n) is 11.1. The van der Waals surface area contributed by atoms with Crippen LogP contribution in [-0.4, -0.2) is 45.7 Å². The highest BCUT2D eigenvalue weighted by molar-refractivity contribution is 7.07. The summed E-state index contributed by atoms with van der Waals surface area (Å²) in [7, 11) is 2.97. The topological polar surface area (TPSA) is 77.3 Å². The Kier molecular flexibility index (Phi) is 4.46. The summed E-state index contributed by atoms with van der Waals surface area (Å²) in [6.07, 6.45) is 1.34. The van der Waals surface area contributed by atoms with Crippen LogP contribution in [0.2, 0.25) is 0 Å². The number of nitrogens with zero attached hydrogens (tertiary/aromatic N) is 4. The minimum Gasteiger partial charge on any atom is -0.463 e. The maximum atomic E-state index is 12.0. The van der Waals surface area contributed by atoms with Gasteiger partial charge in [0.2, 0.25) is 5.91 Å². The molecule has 0 saturated carbocycles. The molecule has 2 heterocycles. The third kappa shape index (κ3) is 3.41. The van der Waals surface area contributed by atoms with Crippen molar-refractivity contribution in [2.45, 2.75) is 13.1 Å². The summed E-state index contributed by atoms with van der Waals surface area (Å²) < 4.78 is 5.82. The van der Waals surface area contributed by atoms with Crippen LogP contribution in [0.3, 0.4) is 0 Å². The van der Waals surface area contributed by atoms with Crippen molar-refractivity contribution in [2.75, 3.05) is 14.2 Å². The number of carbonyl (C=O) groups is 2. The van der Waals surface area contributed by atoms with Crippen molar-refractivity contribution in [1.29, 1.82) is 0 Å². The fourth-order valence-corrected chi connectivity index (χ4v) is 2.22. The van der Waals surface area contributed by atoms with Crippen molar-refractivity contribution >= 4 is 23.2 Å². The van der Waals surface area contributed by atoms with Crippen LogP contribution in [0.1, 0.15) is 16.2 Å². The van der Waals surface area contributed by atoms with E-state index in [0.717, 1.165) is 5.56 Å². The minimum atomic E-state index is -0.622. The molecular formula is C12H14N4O3S. The maximum Gasteiger partial charge on any atom is 0.377 e. The van der Waals surface area contributed by atoms with Gasteiger partial charge in [-0.2, -0.15) is 11.3 Å². The average molecular weight is 294 g/mol. The van der Waals surface area contributed by atoms with Gasteiger partial charge in [-0.25, -0.2) is 14.5 Å². The molecule has 106 valence electrons. The quantitative estimate of drug-likeness (QED) is 0.762. The van der Waals surface area contributed by atoms with Crippen molar-refractivity contribution in [1.82, 2.24) is 19.7 Å². The van der Waals surface area contributed by atoms with Gasteiger partial charge in [-0.1, -0.05) is 0 Å². The molecule has 0 N–H and O–H groups in total.